The van der Waals surface area contributed by atoms with Crippen molar-refractivity contribution in [1.82, 2.24) is 9.71 Å². The van der Waals surface area contributed by atoms with Crippen LogP contribution in [-0.4, -0.2) is 47.1 Å². The van der Waals surface area contributed by atoms with Crippen LogP contribution in [0.15, 0.2) is 48.8 Å². The van der Waals surface area contributed by atoms with Gasteiger partial charge in [-0.3, -0.25) is 8.93 Å². The average Bonchev–Trinajstić information content (AvgIpc) is 2.71. The van der Waals surface area contributed by atoms with Gasteiger partial charge in [-0.25, -0.2) is 9.37 Å². The summed E-state index contributed by atoms with van der Waals surface area (Å²) in [6.45, 7) is 1.53. The van der Waals surface area contributed by atoms with Gasteiger partial charge in [0.05, 0.1) is 6.20 Å². The molecule has 0 saturated carbocycles. The molecule has 2 heterocycles. The minimum absolute atomic E-state index is 0.392. The first-order chi connectivity index (χ1) is 13.0. The van der Waals surface area contributed by atoms with Crippen LogP contribution in [0.5, 0.6) is 0 Å². The van der Waals surface area contributed by atoms with E-state index in [0.29, 0.717) is 22.9 Å². The van der Waals surface area contributed by atoms with Crippen molar-refractivity contribution >= 4 is 33.4 Å². The number of rotatable bonds is 6. The van der Waals surface area contributed by atoms with Crippen LogP contribution < -0.4 is 14.9 Å². The Kier molecular flexibility index (Phi) is 5.98. The molecule has 1 aromatic heterocycles. The maximum atomic E-state index is 12.9. The Morgan fingerprint density at radius 1 is 1.22 bits per heavy atom. The quantitative estimate of drug-likeness (QED) is 0.451. The maximum Gasteiger partial charge on any atom is 0.141 e. The molecule has 0 amide bonds. The van der Waals surface area contributed by atoms with Gasteiger partial charge in [0.1, 0.15) is 11.6 Å². The first-order valence-electron chi connectivity index (χ1n) is 8.74. The summed E-state index contributed by atoms with van der Waals surface area (Å²) in [5.41, 5.74) is 2.66. The molecule has 0 atom stereocenters. The fraction of sp³-hybridized carbons (Fsp3) is 0.263. The van der Waals surface area contributed by atoms with Crippen molar-refractivity contribution in [3.05, 3.63) is 60.2 Å². The Morgan fingerprint density at radius 3 is 2.48 bits per heavy atom. The second-order valence-electron chi connectivity index (χ2n) is 6.34. The van der Waals surface area contributed by atoms with E-state index < -0.39 is 15.9 Å². The molecule has 6 nitrogen and oxygen atoms in total. The zero-order valence-electron chi connectivity index (χ0n) is 15.2. The number of pyridine rings is 1. The van der Waals surface area contributed by atoms with Crippen LogP contribution in [0.3, 0.4) is 0 Å². The molecule has 3 N–H and O–H groups in total. The molecule has 2 aromatic rings. The van der Waals surface area contributed by atoms with Crippen LogP contribution in [0.4, 0.5) is 15.9 Å². The molecule has 27 heavy (non-hydrogen) atoms. The summed E-state index contributed by atoms with van der Waals surface area (Å²) in [4.78, 5) is 6.16. The number of thiol groups is 1. The first-order valence-corrected chi connectivity index (χ1v) is 10.8. The Labute approximate surface area is 159 Å². The maximum absolute atomic E-state index is 12.9. The van der Waals surface area contributed by atoms with Crippen molar-refractivity contribution in [3.8, 4) is 0 Å². The molecule has 1 aliphatic heterocycles. The number of nitrogens with zero attached hydrogens (tertiary/aromatic N) is 2. The summed E-state index contributed by atoms with van der Waals surface area (Å²) < 4.78 is 28.2. The van der Waals surface area contributed by atoms with Crippen molar-refractivity contribution in [2.24, 2.45) is 0 Å². The lowest BCUT2D eigenvalue weighted by Gasteiger charge is -2.36. The van der Waals surface area contributed by atoms with Gasteiger partial charge in [-0.1, -0.05) is 22.3 Å². The summed E-state index contributed by atoms with van der Waals surface area (Å²) in [6.07, 6.45) is 4.07. The Balaban J connectivity index is 1.68. The van der Waals surface area contributed by atoms with Gasteiger partial charge in [-0.15, -0.1) is 0 Å². The predicted molar refractivity (Wildman–Crippen MR) is 112 cm³/mol. The summed E-state index contributed by atoms with van der Waals surface area (Å²) in [6, 6.07) is 10.8. The van der Waals surface area contributed by atoms with Crippen LogP contribution in [-0.2, 0) is 10.1 Å². The van der Waals surface area contributed by atoms with Gasteiger partial charge in [0.2, 0.25) is 0 Å². The third-order valence-electron chi connectivity index (χ3n) is 4.69. The first kappa shape index (κ1) is 19.2. The van der Waals surface area contributed by atoms with Gasteiger partial charge in [0, 0.05) is 48.3 Å². The highest BCUT2D eigenvalue weighted by atomic mass is 32.3. The van der Waals surface area contributed by atoms with E-state index in [-0.39, 0.29) is 0 Å². The highest BCUT2D eigenvalue weighted by Gasteiger charge is 2.22. The molecule has 3 rings (SSSR count). The van der Waals surface area contributed by atoms with Gasteiger partial charge in [0.25, 0.3) is 0 Å². The van der Waals surface area contributed by atoms with E-state index in [1.807, 2.05) is 24.3 Å². The van der Waals surface area contributed by atoms with E-state index in [1.165, 1.54) is 18.3 Å². The summed E-state index contributed by atoms with van der Waals surface area (Å²) in [5, 5.41) is 10.6. The number of hydrogen-bond donors (Lipinski definition) is 4. The van der Waals surface area contributed by atoms with Gasteiger partial charge in [0.15, 0.2) is 0 Å². The Bertz CT molecular complexity index is 855. The van der Waals surface area contributed by atoms with Crippen LogP contribution in [0, 0.1) is 11.2 Å². The molecule has 1 aromatic carbocycles. The number of benzene rings is 1. The summed E-state index contributed by atoms with van der Waals surface area (Å²) >= 11 is 0. The monoisotopic (exact) mass is 389 g/mol. The molecule has 8 heteroatoms. The largest absolute Gasteiger partial charge is 0.370 e. The molecule has 144 valence electrons. The van der Waals surface area contributed by atoms with Crippen LogP contribution >= 0.6 is 0 Å². The van der Waals surface area contributed by atoms with Crippen LogP contribution in [0.25, 0.3) is 5.57 Å². The van der Waals surface area contributed by atoms with Crippen molar-refractivity contribution in [3.63, 3.8) is 0 Å². The lowest BCUT2D eigenvalue weighted by Crippen LogP contribution is -2.49. The highest BCUT2D eigenvalue weighted by molar-refractivity contribution is 8.01. The fourth-order valence-electron chi connectivity index (χ4n) is 2.96. The summed E-state index contributed by atoms with van der Waals surface area (Å²) in [7, 11) is -0.422. The highest BCUT2D eigenvalue weighted by Crippen LogP contribution is 2.22. The molecule has 1 aliphatic rings. The van der Waals surface area contributed by atoms with Gasteiger partial charge in [-0.2, -0.15) is 0 Å². The summed E-state index contributed by atoms with van der Waals surface area (Å²) in [5.74, 6) is 1.46. The molecule has 0 unspecified atom stereocenters. The minimum atomic E-state index is -2.19. The standard InChI is InChI=1S/C19H24FN5OS/c1-22-27(26)10-8-25(9-11-27)18-5-2-15(3-6-18)16(12-21)13-23-19-7-4-17(20)14-24-19/h2-7,12-14,21,27H,8-11H2,1H3,(H,22,26)(H,23,24)/b16-13+,21-12?. The third-order valence-corrected chi connectivity index (χ3v) is 7.35. The molecule has 0 aliphatic carbocycles. The van der Waals surface area contributed by atoms with Crippen molar-refractivity contribution in [1.29, 1.82) is 5.41 Å². The van der Waals surface area contributed by atoms with E-state index >= 15 is 0 Å². The van der Waals surface area contributed by atoms with E-state index in [0.717, 1.165) is 30.5 Å². The molecular formula is C19H24FN5OS. The van der Waals surface area contributed by atoms with Gasteiger partial charge >= 0.3 is 0 Å². The van der Waals surface area contributed by atoms with Crippen molar-refractivity contribution in [2.75, 3.05) is 41.9 Å². The number of anilines is 2. The molecule has 1 fully saturated rings. The predicted octanol–water partition coefficient (Wildman–Crippen LogP) is 2.29. The van der Waals surface area contributed by atoms with Gasteiger partial charge < -0.3 is 15.6 Å². The molecular weight excluding hydrogens is 365 g/mol. The van der Waals surface area contributed by atoms with Crippen LogP contribution in [0.2, 0.25) is 0 Å². The van der Waals surface area contributed by atoms with E-state index in [4.69, 9.17) is 5.41 Å². The molecule has 0 radical (unpaired) electrons. The number of halogens is 1. The van der Waals surface area contributed by atoms with E-state index in [1.54, 1.807) is 13.2 Å². The Hall–Kier alpha value is -2.58. The van der Waals surface area contributed by atoms with E-state index in [9.17, 15) is 8.60 Å². The molecule has 1 saturated heterocycles. The lowest BCUT2D eigenvalue weighted by molar-refractivity contribution is 0.622. The number of allylic oxidation sites excluding steroid dienone is 1. The van der Waals surface area contributed by atoms with Crippen molar-refractivity contribution in [2.45, 2.75) is 0 Å². The number of hydrogen-bond acceptors (Lipinski definition) is 5. The molecule has 0 bridgehead atoms. The topological polar surface area (TPSA) is 81.1 Å². The zero-order valence-corrected chi connectivity index (χ0v) is 16.0. The number of nitrogens with one attached hydrogen (secondary N) is 3. The second kappa shape index (κ2) is 8.41. The van der Waals surface area contributed by atoms with E-state index in [2.05, 4.69) is 19.9 Å². The van der Waals surface area contributed by atoms with Crippen LogP contribution in [0.1, 0.15) is 5.56 Å². The van der Waals surface area contributed by atoms with Crippen molar-refractivity contribution < 1.29 is 8.60 Å². The second-order valence-corrected chi connectivity index (χ2v) is 9.46. The SMILES string of the molecule is CN[SH]1(=O)CCN(c2ccc(/C(C=N)=C/Nc3ccc(F)cn3)cc2)CC1. The molecule has 0 spiro atoms. The zero-order chi connectivity index (χ0) is 19.3. The fourth-order valence-corrected chi connectivity index (χ4v) is 4.76. The average molecular weight is 390 g/mol. The smallest absolute Gasteiger partial charge is 0.141 e. The normalized spacial score (nSPS) is 18.0. The minimum Gasteiger partial charge on any atom is -0.370 e. The number of aromatic nitrogens is 1. The lowest BCUT2D eigenvalue weighted by atomic mass is 10.1. The third kappa shape index (κ3) is 4.78. The van der Waals surface area contributed by atoms with Gasteiger partial charge in [-0.05, 0) is 36.9 Å². The Morgan fingerprint density at radius 2 is 1.93 bits per heavy atom.